The molecule has 2 heterocycles. The van der Waals surface area contributed by atoms with E-state index in [4.69, 9.17) is 17.3 Å². The van der Waals surface area contributed by atoms with E-state index >= 15 is 0 Å². The van der Waals surface area contributed by atoms with Gasteiger partial charge in [-0.25, -0.2) is 4.39 Å². The maximum Gasteiger partial charge on any atom is 0.240 e. The van der Waals surface area contributed by atoms with Crippen molar-refractivity contribution < 1.29 is 9.18 Å². The molecule has 2 atom stereocenters. The molecule has 1 fully saturated rings. The van der Waals surface area contributed by atoms with E-state index < -0.39 is 18.1 Å². The molecule has 0 saturated carbocycles. The molecule has 1 aliphatic rings. The summed E-state index contributed by atoms with van der Waals surface area (Å²) in [7, 11) is 0. The van der Waals surface area contributed by atoms with E-state index in [2.05, 4.69) is 4.98 Å². The predicted molar refractivity (Wildman–Crippen MR) is 59.1 cm³/mol. The third-order valence-corrected chi connectivity index (χ3v) is 2.93. The van der Waals surface area contributed by atoms with Gasteiger partial charge in [-0.2, -0.15) is 0 Å². The Hall–Kier alpha value is -1.36. The average Bonchev–Trinajstić information content (AvgIpc) is 2.61. The van der Waals surface area contributed by atoms with Gasteiger partial charge in [0.2, 0.25) is 5.91 Å². The van der Waals surface area contributed by atoms with Crippen LogP contribution in [0.1, 0.15) is 6.42 Å². The second kappa shape index (κ2) is 4.25. The first-order valence-corrected chi connectivity index (χ1v) is 5.27. The summed E-state index contributed by atoms with van der Waals surface area (Å²) in [6.07, 6.45) is 2.07. The Morgan fingerprint density at radius 1 is 1.69 bits per heavy atom. The molecule has 0 bridgehead atoms. The quantitative estimate of drug-likeness (QED) is 0.847. The first-order chi connectivity index (χ1) is 7.59. The van der Waals surface area contributed by atoms with Crippen molar-refractivity contribution in [2.24, 2.45) is 5.73 Å². The van der Waals surface area contributed by atoms with Crippen LogP contribution in [0.2, 0.25) is 5.02 Å². The zero-order valence-corrected chi connectivity index (χ0v) is 9.19. The molecule has 6 heteroatoms. The van der Waals surface area contributed by atoms with Gasteiger partial charge in [-0.1, -0.05) is 11.6 Å². The zero-order chi connectivity index (χ0) is 11.7. The molecule has 0 aromatic carbocycles. The molecule has 0 aliphatic carbocycles. The summed E-state index contributed by atoms with van der Waals surface area (Å²) in [4.78, 5) is 16.6. The van der Waals surface area contributed by atoms with Gasteiger partial charge >= 0.3 is 0 Å². The molecule has 1 aromatic heterocycles. The number of nitrogens with two attached hydrogens (primary N) is 1. The lowest BCUT2D eigenvalue weighted by atomic mass is 10.2. The van der Waals surface area contributed by atoms with Crippen molar-refractivity contribution >= 4 is 23.2 Å². The van der Waals surface area contributed by atoms with E-state index in [0.717, 1.165) is 0 Å². The van der Waals surface area contributed by atoms with E-state index in [-0.39, 0.29) is 13.0 Å². The third kappa shape index (κ3) is 1.95. The van der Waals surface area contributed by atoms with Crippen LogP contribution in [0, 0.1) is 0 Å². The minimum Gasteiger partial charge on any atom is -0.368 e. The highest BCUT2D eigenvalue weighted by Gasteiger charge is 2.36. The summed E-state index contributed by atoms with van der Waals surface area (Å²) >= 11 is 5.94. The van der Waals surface area contributed by atoms with Gasteiger partial charge in [0.1, 0.15) is 12.2 Å². The van der Waals surface area contributed by atoms with Gasteiger partial charge in [0.15, 0.2) is 0 Å². The van der Waals surface area contributed by atoms with Crippen LogP contribution in [-0.4, -0.2) is 29.6 Å². The van der Waals surface area contributed by atoms with Crippen LogP contribution in [-0.2, 0) is 4.79 Å². The predicted octanol–water partition coefficient (Wildman–Crippen LogP) is 1.14. The molecule has 0 radical (unpaired) electrons. The molecule has 2 N–H and O–H groups in total. The second-order valence-corrected chi connectivity index (χ2v) is 4.14. The number of anilines is 1. The van der Waals surface area contributed by atoms with Gasteiger partial charge in [-0.3, -0.25) is 9.78 Å². The van der Waals surface area contributed by atoms with Crippen molar-refractivity contribution in [1.82, 2.24) is 4.98 Å². The van der Waals surface area contributed by atoms with Crippen LogP contribution in [0.15, 0.2) is 18.5 Å². The molecule has 16 heavy (non-hydrogen) atoms. The summed E-state index contributed by atoms with van der Waals surface area (Å²) in [6, 6.07) is 1.02. The molecule has 1 aliphatic heterocycles. The molecule has 1 aromatic rings. The maximum atomic E-state index is 13.3. The van der Waals surface area contributed by atoms with Crippen molar-refractivity contribution in [3.05, 3.63) is 23.5 Å². The third-order valence-electron chi connectivity index (χ3n) is 2.64. The lowest BCUT2D eigenvalue weighted by Crippen LogP contribution is -2.40. The van der Waals surface area contributed by atoms with Gasteiger partial charge < -0.3 is 10.6 Å². The molecular weight excluding hydrogens is 233 g/mol. The number of amides is 1. The number of pyridine rings is 1. The van der Waals surface area contributed by atoms with Gasteiger partial charge in [-0.15, -0.1) is 0 Å². The van der Waals surface area contributed by atoms with Crippen molar-refractivity contribution in [2.75, 3.05) is 11.4 Å². The molecule has 86 valence electrons. The van der Waals surface area contributed by atoms with Crippen LogP contribution in [0.25, 0.3) is 0 Å². The number of halogens is 2. The van der Waals surface area contributed by atoms with Gasteiger partial charge in [-0.05, 0) is 6.07 Å². The Bertz CT molecular complexity index is 415. The topological polar surface area (TPSA) is 59.2 Å². The highest BCUT2D eigenvalue weighted by atomic mass is 35.5. The summed E-state index contributed by atoms with van der Waals surface area (Å²) in [6.45, 7) is 0.136. The monoisotopic (exact) mass is 243 g/mol. The number of rotatable bonds is 2. The summed E-state index contributed by atoms with van der Waals surface area (Å²) in [5, 5.41) is 0.392. The van der Waals surface area contributed by atoms with E-state index in [1.807, 2.05) is 0 Å². The minimum atomic E-state index is -1.05. The van der Waals surface area contributed by atoms with Crippen LogP contribution in [0.3, 0.4) is 0 Å². The molecule has 0 unspecified atom stereocenters. The van der Waals surface area contributed by atoms with Crippen LogP contribution in [0.4, 0.5) is 10.1 Å². The number of hydrogen-bond donors (Lipinski definition) is 1. The average molecular weight is 244 g/mol. The van der Waals surface area contributed by atoms with Crippen LogP contribution < -0.4 is 10.6 Å². The molecule has 1 saturated heterocycles. The SMILES string of the molecule is NC(=O)[C@@H]1C[C@@H](F)CN1c1ccncc1Cl. The first-order valence-electron chi connectivity index (χ1n) is 4.89. The molecule has 4 nitrogen and oxygen atoms in total. The fourth-order valence-electron chi connectivity index (χ4n) is 1.92. The molecular formula is C10H11ClFN3O. The lowest BCUT2D eigenvalue weighted by molar-refractivity contribution is -0.119. The van der Waals surface area contributed by atoms with Crippen molar-refractivity contribution in [3.8, 4) is 0 Å². The fourth-order valence-corrected chi connectivity index (χ4v) is 2.15. The van der Waals surface area contributed by atoms with Crippen LogP contribution >= 0.6 is 11.6 Å². The Kier molecular flexibility index (Phi) is 2.96. The second-order valence-electron chi connectivity index (χ2n) is 3.73. The number of hydrogen-bond acceptors (Lipinski definition) is 3. The van der Waals surface area contributed by atoms with Gasteiger partial charge in [0, 0.05) is 18.8 Å². The smallest absolute Gasteiger partial charge is 0.240 e. The molecule has 1 amide bonds. The van der Waals surface area contributed by atoms with E-state index in [0.29, 0.717) is 10.7 Å². The number of aromatic nitrogens is 1. The highest BCUT2D eigenvalue weighted by molar-refractivity contribution is 6.33. The van der Waals surface area contributed by atoms with Crippen molar-refractivity contribution in [1.29, 1.82) is 0 Å². The fraction of sp³-hybridized carbons (Fsp3) is 0.400. The zero-order valence-electron chi connectivity index (χ0n) is 8.44. The number of alkyl halides is 1. The first kappa shape index (κ1) is 11.1. The Labute approximate surface area is 97.2 Å². The Morgan fingerprint density at radius 2 is 2.44 bits per heavy atom. The largest absolute Gasteiger partial charge is 0.368 e. The van der Waals surface area contributed by atoms with Crippen molar-refractivity contribution in [3.63, 3.8) is 0 Å². The molecule has 2 rings (SSSR count). The number of nitrogens with zero attached hydrogens (tertiary/aromatic N) is 2. The molecule has 0 spiro atoms. The Balaban J connectivity index is 2.33. The summed E-state index contributed by atoms with van der Waals surface area (Å²) < 4.78 is 13.3. The number of carbonyl (C=O) groups excluding carboxylic acids is 1. The van der Waals surface area contributed by atoms with E-state index in [9.17, 15) is 9.18 Å². The highest BCUT2D eigenvalue weighted by Crippen LogP contribution is 2.31. The summed E-state index contributed by atoms with van der Waals surface area (Å²) in [5.74, 6) is -0.534. The minimum absolute atomic E-state index is 0.119. The normalized spacial score (nSPS) is 24.8. The summed E-state index contributed by atoms with van der Waals surface area (Å²) in [5.41, 5.74) is 5.83. The maximum absolute atomic E-state index is 13.3. The van der Waals surface area contributed by atoms with Gasteiger partial charge in [0.25, 0.3) is 0 Å². The van der Waals surface area contributed by atoms with Crippen molar-refractivity contribution in [2.45, 2.75) is 18.6 Å². The van der Waals surface area contributed by atoms with Crippen LogP contribution in [0.5, 0.6) is 0 Å². The Morgan fingerprint density at radius 3 is 3.06 bits per heavy atom. The number of primary amides is 1. The standard InChI is InChI=1S/C10H11ClFN3O/c11-7-4-14-2-1-8(7)15-5-6(12)3-9(15)10(13)16/h1-2,4,6,9H,3,5H2,(H2,13,16)/t6-,9+/m1/s1. The number of carbonyl (C=O) groups is 1. The van der Waals surface area contributed by atoms with Gasteiger partial charge in [0.05, 0.1) is 17.3 Å². The lowest BCUT2D eigenvalue weighted by Gasteiger charge is -2.24. The van der Waals surface area contributed by atoms with E-state index in [1.165, 1.54) is 6.20 Å². The van der Waals surface area contributed by atoms with E-state index in [1.54, 1.807) is 17.2 Å².